The van der Waals surface area contributed by atoms with Crippen molar-refractivity contribution in [2.24, 2.45) is 5.73 Å². The molecule has 0 bridgehead atoms. The maximum atomic E-state index is 12.5. The molecule has 0 saturated carbocycles. The molecule has 0 amide bonds. The molecule has 10 nitrogen and oxygen atoms in total. The van der Waals surface area contributed by atoms with Crippen LogP contribution >= 0.6 is 7.82 Å². The summed E-state index contributed by atoms with van der Waals surface area (Å²) in [6, 6.07) is -1.47. The molecule has 0 spiro atoms. The van der Waals surface area contributed by atoms with Crippen LogP contribution in [0.1, 0.15) is 181 Å². The minimum Gasteiger partial charge on any atom is -0.480 e. The number of hydrogen-bond acceptors (Lipinski definition) is 8. The van der Waals surface area contributed by atoms with E-state index in [9.17, 15) is 19.0 Å². The first-order valence-corrected chi connectivity index (χ1v) is 20.6. The van der Waals surface area contributed by atoms with Gasteiger partial charge in [-0.15, -0.1) is 0 Å². The van der Waals surface area contributed by atoms with E-state index in [0.29, 0.717) is 6.61 Å². The van der Waals surface area contributed by atoms with Crippen LogP contribution in [0.4, 0.5) is 0 Å². The van der Waals surface area contributed by atoms with Gasteiger partial charge in [0, 0.05) is 13.0 Å². The normalized spacial score (nSPS) is 14.1. The first kappa shape index (κ1) is 46.0. The van der Waals surface area contributed by atoms with Crippen LogP contribution in [0.3, 0.4) is 0 Å². The largest absolute Gasteiger partial charge is 0.480 e. The summed E-state index contributed by atoms with van der Waals surface area (Å²) in [4.78, 5) is 33.3. The van der Waals surface area contributed by atoms with Gasteiger partial charge in [0.15, 0.2) is 0 Å². The Balaban J connectivity index is 4.26. The van der Waals surface area contributed by atoms with Crippen LogP contribution in [0.5, 0.6) is 0 Å². The minimum absolute atomic E-state index is 0.0249. The highest BCUT2D eigenvalue weighted by Gasteiger charge is 2.27. The molecule has 0 aliphatic heterocycles. The number of phosphoric acid groups is 1. The highest BCUT2D eigenvalue weighted by atomic mass is 31.2. The van der Waals surface area contributed by atoms with Crippen molar-refractivity contribution < 1.29 is 42.7 Å². The van der Waals surface area contributed by atoms with Gasteiger partial charge in [-0.3, -0.25) is 18.6 Å². The molecule has 0 aliphatic carbocycles. The molecule has 0 radical (unpaired) electrons. The van der Waals surface area contributed by atoms with E-state index in [1.807, 2.05) is 0 Å². The van der Waals surface area contributed by atoms with Crippen molar-refractivity contribution in [3.63, 3.8) is 0 Å². The summed E-state index contributed by atoms with van der Waals surface area (Å²) in [5.74, 6) is -1.77. The van der Waals surface area contributed by atoms with Gasteiger partial charge in [-0.05, 0) is 12.8 Å². The molecule has 11 heteroatoms. The average molecular weight is 694 g/mol. The zero-order valence-electron chi connectivity index (χ0n) is 30.1. The van der Waals surface area contributed by atoms with E-state index < -0.39 is 45.1 Å². The molecule has 280 valence electrons. The number of esters is 1. The molecule has 4 N–H and O–H groups in total. The number of phosphoric ester groups is 1. The van der Waals surface area contributed by atoms with Crippen molar-refractivity contribution in [2.45, 2.75) is 193 Å². The molecule has 0 fully saturated rings. The van der Waals surface area contributed by atoms with Gasteiger partial charge < -0.3 is 25.2 Å². The predicted octanol–water partition coefficient (Wildman–Crippen LogP) is 9.64. The van der Waals surface area contributed by atoms with Gasteiger partial charge in [-0.2, -0.15) is 0 Å². The summed E-state index contributed by atoms with van der Waals surface area (Å²) in [6.07, 6.45) is 30.1. The van der Waals surface area contributed by atoms with Gasteiger partial charge in [-0.1, -0.05) is 162 Å². The molecule has 0 aromatic carbocycles. The number of rotatable bonds is 37. The lowest BCUT2D eigenvalue weighted by molar-refractivity contribution is -0.154. The monoisotopic (exact) mass is 693 g/mol. The molecule has 0 aromatic rings. The van der Waals surface area contributed by atoms with Gasteiger partial charge in [0.1, 0.15) is 12.1 Å². The molecule has 0 aromatic heterocycles. The van der Waals surface area contributed by atoms with Crippen LogP contribution in [0.2, 0.25) is 0 Å². The smallest absolute Gasteiger partial charge is 0.472 e. The number of carbonyl (C=O) groups excluding carboxylic acids is 1. The third-order valence-electron chi connectivity index (χ3n) is 8.39. The third-order valence-corrected chi connectivity index (χ3v) is 9.34. The lowest BCUT2D eigenvalue weighted by Gasteiger charge is -2.20. The average Bonchev–Trinajstić information content (AvgIpc) is 3.04. The van der Waals surface area contributed by atoms with E-state index in [1.165, 1.54) is 122 Å². The fraction of sp³-hybridized carbons (Fsp3) is 0.944. The van der Waals surface area contributed by atoms with E-state index in [4.69, 9.17) is 24.8 Å². The Morgan fingerprint density at radius 1 is 0.596 bits per heavy atom. The van der Waals surface area contributed by atoms with Crippen molar-refractivity contribution in [3.05, 3.63) is 0 Å². The van der Waals surface area contributed by atoms with E-state index in [2.05, 4.69) is 18.4 Å². The van der Waals surface area contributed by atoms with Crippen molar-refractivity contribution in [3.8, 4) is 0 Å². The zero-order chi connectivity index (χ0) is 34.9. The van der Waals surface area contributed by atoms with Crippen LogP contribution in [-0.2, 0) is 32.7 Å². The van der Waals surface area contributed by atoms with Crippen LogP contribution < -0.4 is 5.73 Å². The lowest BCUT2D eigenvalue weighted by atomic mass is 10.0. The number of nitrogens with two attached hydrogens (primary N) is 1. The highest BCUT2D eigenvalue weighted by Crippen LogP contribution is 2.43. The number of carboxylic acids is 1. The molecule has 47 heavy (non-hydrogen) atoms. The molecule has 0 rings (SSSR count). The first-order valence-electron chi connectivity index (χ1n) is 19.1. The van der Waals surface area contributed by atoms with Crippen molar-refractivity contribution >= 4 is 19.8 Å². The van der Waals surface area contributed by atoms with Gasteiger partial charge >= 0.3 is 19.8 Å². The Morgan fingerprint density at radius 2 is 0.979 bits per heavy atom. The van der Waals surface area contributed by atoms with Gasteiger partial charge in [0.2, 0.25) is 0 Å². The van der Waals surface area contributed by atoms with Crippen molar-refractivity contribution in [1.29, 1.82) is 0 Å². The number of carboxylic acid groups (broad SMARTS) is 1. The third kappa shape index (κ3) is 33.3. The van der Waals surface area contributed by atoms with Crippen LogP contribution in [0.25, 0.3) is 0 Å². The summed E-state index contributed by atoms with van der Waals surface area (Å²) in [6.45, 7) is 3.89. The SMILES string of the molecule is CCCCCCCCCCCCCCCCOCC(COP(=O)(O)OCC(N)C(=O)O)OC(=O)CCCCCCCCCCCCC. The Kier molecular flexibility index (Phi) is 32.7. The van der Waals surface area contributed by atoms with Crippen LogP contribution in [0.15, 0.2) is 0 Å². The zero-order valence-corrected chi connectivity index (χ0v) is 31.0. The number of aliphatic carboxylic acids is 1. The van der Waals surface area contributed by atoms with Crippen LogP contribution in [-0.4, -0.2) is 60.5 Å². The summed E-state index contributed by atoms with van der Waals surface area (Å²) in [5, 5.41) is 8.85. The maximum absolute atomic E-state index is 12.5. The van der Waals surface area contributed by atoms with Crippen molar-refractivity contribution in [1.82, 2.24) is 0 Å². The molecular formula is C36H72NO9P. The Labute approximate surface area is 287 Å². The molecule has 3 atom stereocenters. The second-order valence-electron chi connectivity index (χ2n) is 13.1. The molecule has 3 unspecified atom stereocenters. The van der Waals surface area contributed by atoms with Gasteiger partial charge in [-0.25, -0.2) is 4.57 Å². The number of carbonyl (C=O) groups is 2. The van der Waals surface area contributed by atoms with E-state index in [-0.39, 0.29) is 13.0 Å². The first-order chi connectivity index (χ1) is 22.7. The van der Waals surface area contributed by atoms with Crippen molar-refractivity contribution in [2.75, 3.05) is 26.4 Å². The number of hydrogen-bond donors (Lipinski definition) is 3. The lowest BCUT2D eigenvalue weighted by Crippen LogP contribution is -2.34. The second-order valence-corrected chi connectivity index (χ2v) is 14.5. The maximum Gasteiger partial charge on any atom is 0.472 e. The molecule has 0 aliphatic rings. The summed E-state index contributed by atoms with van der Waals surface area (Å²) < 4.78 is 33.2. The fourth-order valence-corrected chi connectivity index (χ4v) is 6.15. The Bertz CT molecular complexity index is 771. The van der Waals surface area contributed by atoms with Crippen LogP contribution in [0, 0.1) is 0 Å². The summed E-state index contributed by atoms with van der Waals surface area (Å²) >= 11 is 0. The Morgan fingerprint density at radius 3 is 1.40 bits per heavy atom. The number of unbranched alkanes of at least 4 members (excludes halogenated alkanes) is 23. The molecular weight excluding hydrogens is 621 g/mol. The standard InChI is InChI=1S/C36H72NO9P/c1-3-5-7-9-11-13-15-16-17-19-21-23-25-27-29-43-30-33(31-44-47(41,42)45-32-34(37)36(39)40)46-35(38)28-26-24-22-20-18-14-12-10-8-6-4-2/h33-34H,3-32,37H2,1-2H3,(H,39,40)(H,41,42). The Hall–Kier alpha value is -1.03. The van der Waals surface area contributed by atoms with E-state index >= 15 is 0 Å². The fourth-order valence-electron chi connectivity index (χ4n) is 5.37. The summed E-state index contributed by atoms with van der Waals surface area (Å²) in [5.41, 5.74) is 5.33. The van der Waals surface area contributed by atoms with Gasteiger partial charge in [0.05, 0.1) is 19.8 Å². The predicted molar refractivity (Wildman–Crippen MR) is 189 cm³/mol. The second kappa shape index (κ2) is 33.5. The topological polar surface area (TPSA) is 155 Å². The molecule has 0 heterocycles. The highest BCUT2D eigenvalue weighted by molar-refractivity contribution is 7.47. The van der Waals surface area contributed by atoms with Gasteiger partial charge in [0.25, 0.3) is 0 Å². The number of ether oxygens (including phenoxy) is 2. The van der Waals surface area contributed by atoms with E-state index in [1.54, 1.807) is 0 Å². The molecule has 0 saturated heterocycles. The van der Waals surface area contributed by atoms with E-state index in [0.717, 1.165) is 38.5 Å². The summed E-state index contributed by atoms with van der Waals surface area (Å²) in [7, 11) is -4.60. The quantitative estimate of drug-likeness (QED) is 0.0325. The minimum atomic E-state index is -4.60.